The minimum Gasteiger partial charge on any atom is -0.399 e. The van der Waals surface area contributed by atoms with Gasteiger partial charge >= 0.3 is 0 Å². The lowest BCUT2D eigenvalue weighted by atomic mass is 10.0. The van der Waals surface area contributed by atoms with Crippen LogP contribution < -0.4 is 11.1 Å². The average molecular weight is 234 g/mol. The predicted octanol–water partition coefficient (Wildman–Crippen LogP) is 2.62. The Kier molecular flexibility index (Phi) is 5.16. The molecule has 0 saturated carbocycles. The van der Waals surface area contributed by atoms with Crippen LogP contribution in [0.2, 0.25) is 0 Å². The Hall–Kier alpha value is -1.35. The number of nitrogens with one attached hydrogen (secondary N) is 1. The monoisotopic (exact) mass is 234 g/mol. The number of anilines is 1. The van der Waals surface area contributed by atoms with Crippen molar-refractivity contribution in [2.45, 2.75) is 45.7 Å². The molecule has 0 aliphatic rings. The second kappa shape index (κ2) is 6.40. The van der Waals surface area contributed by atoms with Crippen molar-refractivity contribution in [3.8, 4) is 0 Å². The fourth-order valence-electron chi connectivity index (χ4n) is 1.69. The molecule has 0 radical (unpaired) electrons. The maximum Gasteiger partial charge on any atom is 0.179 e. The zero-order valence-corrected chi connectivity index (χ0v) is 10.9. The Morgan fingerprint density at radius 1 is 1.24 bits per heavy atom. The van der Waals surface area contributed by atoms with Gasteiger partial charge in [-0.25, -0.2) is 0 Å². The van der Waals surface area contributed by atoms with Crippen LogP contribution in [0.5, 0.6) is 0 Å². The average Bonchev–Trinajstić information content (AvgIpc) is 2.35. The van der Waals surface area contributed by atoms with Gasteiger partial charge in [-0.3, -0.25) is 4.79 Å². The van der Waals surface area contributed by atoms with Gasteiger partial charge in [0, 0.05) is 17.3 Å². The maximum absolute atomic E-state index is 12.2. The summed E-state index contributed by atoms with van der Waals surface area (Å²) >= 11 is 0. The van der Waals surface area contributed by atoms with Gasteiger partial charge in [0.1, 0.15) is 0 Å². The molecule has 0 aliphatic heterocycles. The summed E-state index contributed by atoms with van der Waals surface area (Å²) in [4.78, 5) is 12.2. The number of Topliss-reactive ketones (excluding diaryl/α,β-unsaturated/α-hetero) is 1. The van der Waals surface area contributed by atoms with Gasteiger partial charge in [-0.15, -0.1) is 0 Å². The normalized spacial score (nSPS) is 14.3. The number of benzene rings is 1. The molecular weight excluding hydrogens is 212 g/mol. The van der Waals surface area contributed by atoms with Crippen molar-refractivity contribution in [1.29, 1.82) is 0 Å². The summed E-state index contributed by atoms with van der Waals surface area (Å²) in [6.07, 6.45) is 1.82. The molecule has 0 heterocycles. The minimum atomic E-state index is -0.103. The zero-order valence-electron chi connectivity index (χ0n) is 10.9. The standard InChI is InChI=1S/C14H22N2O/c1-4-10(3)16-13(5-2)14(17)11-6-8-12(15)9-7-11/h6-10,13,16H,4-5,15H2,1-3H3. The Labute approximate surface area is 103 Å². The van der Waals surface area contributed by atoms with Crippen molar-refractivity contribution >= 4 is 11.5 Å². The molecule has 3 nitrogen and oxygen atoms in total. The highest BCUT2D eigenvalue weighted by molar-refractivity contribution is 6.00. The molecule has 94 valence electrons. The van der Waals surface area contributed by atoms with Crippen molar-refractivity contribution in [2.75, 3.05) is 5.73 Å². The second-order valence-corrected chi connectivity index (χ2v) is 4.42. The first-order valence-electron chi connectivity index (χ1n) is 6.24. The molecule has 0 fully saturated rings. The lowest BCUT2D eigenvalue weighted by Crippen LogP contribution is -2.41. The second-order valence-electron chi connectivity index (χ2n) is 4.42. The number of nitrogens with two attached hydrogens (primary N) is 1. The van der Waals surface area contributed by atoms with E-state index in [4.69, 9.17) is 5.73 Å². The van der Waals surface area contributed by atoms with Crippen molar-refractivity contribution in [1.82, 2.24) is 5.32 Å². The SMILES string of the molecule is CCC(C)NC(CC)C(=O)c1ccc(N)cc1. The lowest BCUT2D eigenvalue weighted by Gasteiger charge is -2.20. The van der Waals surface area contributed by atoms with E-state index in [1.807, 2.05) is 6.92 Å². The van der Waals surface area contributed by atoms with Crippen molar-refractivity contribution in [3.63, 3.8) is 0 Å². The number of carbonyl (C=O) groups is 1. The van der Waals surface area contributed by atoms with Crippen LogP contribution in [0, 0.1) is 0 Å². The van der Waals surface area contributed by atoms with Gasteiger partial charge in [0.05, 0.1) is 6.04 Å². The Balaban J connectivity index is 2.75. The van der Waals surface area contributed by atoms with Crippen LogP contribution in [-0.2, 0) is 0 Å². The molecule has 3 N–H and O–H groups in total. The quantitative estimate of drug-likeness (QED) is 0.587. The number of hydrogen-bond acceptors (Lipinski definition) is 3. The summed E-state index contributed by atoms with van der Waals surface area (Å²) < 4.78 is 0. The van der Waals surface area contributed by atoms with E-state index in [0.717, 1.165) is 18.4 Å². The molecule has 0 saturated heterocycles. The Morgan fingerprint density at radius 3 is 2.29 bits per heavy atom. The summed E-state index contributed by atoms with van der Waals surface area (Å²) in [7, 11) is 0. The summed E-state index contributed by atoms with van der Waals surface area (Å²) in [5, 5.41) is 3.35. The number of rotatable bonds is 6. The minimum absolute atomic E-state index is 0.103. The lowest BCUT2D eigenvalue weighted by molar-refractivity contribution is 0.0934. The Morgan fingerprint density at radius 2 is 1.82 bits per heavy atom. The molecule has 3 heteroatoms. The molecule has 0 amide bonds. The first-order valence-corrected chi connectivity index (χ1v) is 6.24. The maximum atomic E-state index is 12.2. The van der Waals surface area contributed by atoms with Crippen LogP contribution in [0.3, 0.4) is 0 Å². The third-order valence-corrected chi connectivity index (χ3v) is 3.02. The van der Waals surface area contributed by atoms with Crippen LogP contribution >= 0.6 is 0 Å². The van der Waals surface area contributed by atoms with Crippen molar-refractivity contribution < 1.29 is 4.79 Å². The van der Waals surface area contributed by atoms with E-state index >= 15 is 0 Å². The van der Waals surface area contributed by atoms with E-state index in [2.05, 4.69) is 19.2 Å². The Bertz CT molecular complexity index is 359. The first-order chi connectivity index (χ1) is 8.08. The topological polar surface area (TPSA) is 55.1 Å². The predicted molar refractivity (Wildman–Crippen MR) is 72.2 cm³/mol. The zero-order chi connectivity index (χ0) is 12.8. The van der Waals surface area contributed by atoms with E-state index in [1.54, 1.807) is 24.3 Å². The molecule has 0 bridgehead atoms. The summed E-state index contributed by atoms with van der Waals surface area (Å²) in [6.45, 7) is 6.23. The van der Waals surface area contributed by atoms with Gasteiger partial charge in [0.15, 0.2) is 5.78 Å². The summed E-state index contributed by atoms with van der Waals surface area (Å²) in [6, 6.07) is 7.37. The highest BCUT2D eigenvalue weighted by Gasteiger charge is 2.19. The van der Waals surface area contributed by atoms with Crippen molar-refractivity contribution in [3.05, 3.63) is 29.8 Å². The molecule has 2 unspecified atom stereocenters. The summed E-state index contributed by atoms with van der Waals surface area (Å²) in [5.74, 6) is 0.146. The first kappa shape index (κ1) is 13.7. The van der Waals surface area contributed by atoms with Gasteiger partial charge in [0.2, 0.25) is 0 Å². The van der Waals surface area contributed by atoms with E-state index in [0.29, 0.717) is 11.7 Å². The molecule has 1 aromatic rings. The van der Waals surface area contributed by atoms with E-state index in [1.165, 1.54) is 0 Å². The fourth-order valence-corrected chi connectivity index (χ4v) is 1.69. The number of hydrogen-bond donors (Lipinski definition) is 2. The van der Waals surface area contributed by atoms with Crippen LogP contribution in [0.25, 0.3) is 0 Å². The molecule has 1 rings (SSSR count). The van der Waals surface area contributed by atoms with Crippen molar-refractivity contribution in [2.24, 2.45) is 0 Å². The van der Waals surface area contributed by atoms with Crippen LogP contribution in [-0.4, -0.2) is 17.9 Å². The van der Waals surface area contributed by atoms with Gasteiger partial charge in [-0.05, 0) is 44.0 Å². The van der Waals surface area contributed by atoms with Gasteiger partial charge in [0.25, 0.3) is 0 Å². The van der Waals surface area contributed by atoms with Crippen LogP contribution in [0.1, 0.15) is 44.0 Å². The number of nitrogen functional groups attached to an aromatic ring is 1. The van der Waals surface area contributed by atoms with E-state index in [9.17, 15) is 4.79 Å². The number of carbonyl (C=O) groups excluding carboxylic acids is 1. The third kappa shape index (κ3) is 3.86. The third-order valence-electron chi connectivity index (χ3n) is 3.02. The molecule has 17 heavy (non-hydrogen) atoms. The van der Waals surface area contributed by atoms with Gasteiger partial charge < -0.3 is 11.1 Å². The molecule has 0 spiro atoms. The van der Waals surface area contributed by atoms with Gasteiger partial charge in [-0.1, -0.05) is 13.8 Å². The fraction of sp³-hybridized carbons (Fsp3) is 0.500. The van der Waals surface area contributed by atoms with E-state index in [-0.39, 0.29) is 11.8 Å². The van der Waals surface area contributed by atoms with Crippen LogP contribution in [0.4, 0.5) is 5.69 Å². The molecular formula is C14H22N2O. The smallest absolute Gasteiger partial charge is 0.179 e. The highest BCUT2D eigenvalue weighted by Crippen LogP contribution is 2.10. The largest absolute Gasteiger partial charge is 0.399 e. The van der Waals surface area contributed by atoms with Crippen LogP contribution in [0.15, 0.2) is 24.3 Å². The summed E-state index contributed by atoms with van der Waals surface area (Å²) in [5.41, 5.74) is 7.02. The molecule has 2 atom stereocenters. The van der Waals surface area contributed by atoms with E-state index < -0.39 is 0 Å². The molecule has 0 aromatic heterocycles. The highest BCUT2D eigenvalue weighted by atomic mass is 16.1. The molecule has 1 aromatic carbocycles. The molecule has 0 aliphatic carbocycles. The number of ketones is 1. The van der Waals surface area contributed by atoms with Gasteiger partial charge in [-0.2, -0.15) is 0 Å².